The van der Waals surface area contributed by atoms with E-state index in [0.717, 1.165) is 93.8 Å². The Kier molecular flexibility index (Phi) is 13.8. The first-order valence-electron chi connectivity index (χ1n) is 25.8. The van der Waals surface area contributed by atoms with Crippen LogP contribution >= 0.6 is 0 Å². The highest BCUT2D eigenvalue weighted by Gasteiger charge is 2.63. The minimum atomic E-state index is -0.195. The molecule has 0 bridgehead atoms. The number of aliphatic hydroxyl groups excluding tert-OH is 3. The minimum absolute atomic E-state index is 0. The summed E-state index contributed by atoms with van der Waals surface area (Å²) in [5.41, 5.74) is 1.60. The van der Waals surface area contributed by atoms with Gasteiger partial charge >= 0.3 is 0 Å². The number of fused-ring (bicyclic) bond motifs is 10. The first-order chi connectivity index (χ1) is 27.7. The van der Waals surface area contributed by atoms with E-state index in [2.05, 4.69) is 41.5 Å². The smallest absolute Gasteiger partial charge is 0.135 e. The number of hydrogen-bond donors (Lipinski definition) is 3. The van der Waals surface area contributed by atoms with Crippen LogP contribution in [0.3, 0.4) is 0 Å². The van der Waals surface area contributed by atoms with Crippen molar-refractivity contribution >= 4 is 11.6 Å². The molecule has 344 valence electrons. The zero-order valence-corrected chi connectivity index (χ0v) is 39.8. The Morgan fingerprint density at radius 2 is 0.932 bits per heavy atom. The van der Waals surface area contributed by atoms with Crippen molar-refractivity contribution in [1.29, 1.82) is 0 Å². The zero-order valence-electron chi connectivity index (χ0n) is 39.8. The third kappa shape index (κ3) is 8.39. The van der Waals surface area contributed by atoms with E-state index in [1.54, 1.807) is 0 Å². The summed E-state index contributed by atoms with van der Waals surface area (Å²) in [6.07, 6.45) is 23.9. The predicted octanol–water partition coefficient (Wildman–Crippen LogP) is 13.0. The molecule has 59 heavy (non-hydrogen) atoms. The highest BCUT2D eigenvalue weighted by atomic mass is 16.3. The molecule has 0 heterocycles. The van der Waals surface area contributed by atoms with E-state index in [0.29, 0.717) is 74.7 Å². The molecular formula is C54H98O5. The van der Waals surface area contributed by atoms with Crippen LogP contribution in [0.2, 0.25) is 0 Å². The van der Waals surface area contributed by atoms with Crippen LogP contribution < -0.4 is 0 Å². The first-order valence-corrected chi connectivity index (χ1v) is 25.8. The molecule has 8 fully saturated rings. The quantitative estimate of drug-likeness (QED) is 0.204. The molecule has 0 radical (unpaired) electrons. The molecule has 8 rings (SSSR count). The molecule has 5 nitrogen and oxygen atoms in total. The Morgan fingerprint density at radius 3 is 1.47 bits per heavy atom. The van der Waals surface area contributed by atoms with Crippen molar-refractivity contribution in [3.63, 3.8) is 0 Å². The van der Waals surface area contributed by atoms with Gasteiger partial charge < -0.3 is 15.3 Å². The van der Waals surface area contributed by atoms with E-state index in [1.165, 1.54) is 70.6 Å². The van der Waals surface area contributed by atoms with Crippen LogP contribution in [0.15, 0.2) is 0 Å². The van der Waals surface area contributed by atoms with Gasteiger partial charge in [-0.3, -0.25) is 9.59 Å². The van der Waals surface area contributed by atoms with Gasteiger partial charge in [-0.15, -0.1) is 0 Å². The largest absolute Gasteiger partial charge is 0.393 e. The Morgan fingerprint density at radius 1 is 0.508 bits per heavy atom. The lowest BCUT2D eigenvalue weighted by atomic mass is 9.43. The van der Waals surface area contributed by atoms with E-state index in [1.807, 2.05) is 27.7 Å². The Bertz CT molecular complexity index is 1490. The fourth-order valence-corrected chi connectivity index (χ4v) is 18.1. The van der Waals surface area contributed by atoms with Gasteiger partial charge in [-0.25, -0.2) is 0 Å². The summed E-state index contributed by atoms with van der Waals surface area (Å²) in [5.74, 6) is 9.62. The van der Waals surface area contributed by atoms with Gasteiger partial charge in [0, 0.05) is 29.0 Å². The van der Waals surface area contributed by atoms with Crippen LogP contribution in [0.1, 0.15) is 208 Å². The highest BCUT2D eigenvalue weighted by molar-refractivity contribution is 5.80. The molecule has 8 aliphatic rings. The molecule has 8 aliphatic carbocycles. The van der Waals surface area contributed by atoms with Gasteiger partial charge in [-0.05, 0) is 215 Å². The van der Waals surface area contributed by atoms with Gasteiger partial charge in [0.1, 0.15) is 11.6 Å². The maximum atomic E-state index is 12.2. The molecule has 0 aromatic carbocycles. The molecule has 5 heteroatoms. The van der Waals surface area contributed by atoms with Crippen molar-refractivity contribution < 1.29 is 29.2 Å². The minimum Gasteiger partial charge on any atom is -0.393 e. The van der Waals surface area contributed by atoms with Crippen molar-refractivity contribution in [2.45, 2.75) is 222 Å². The molecule has 0 spiro atoms. The van der Waals surface area contributed by atoms with Crippen LogP contribution in [-0.2, 0) is 9.59 Å². The number of rotatable bonds is 10. The van der Waals surface area contributed by atoms with E-state index in [4.69, 9.17) is 0 Å². The molecule has 0 amide bonds. The normalized spacial score (nSPS) is 48.6. The number of ketones is 2. The van der Waals surface area contributed by atoms with Gasteiger partial charge in [-0.2, -0.15) is 0 Å². The molecule has 0 aromatic rings. The highest BCUT2D eigenvalue weighted by Crippen LogP contribution is 2.70. The molecule has 0 aromatic heterocycles. The average molecular weight is 827 g/mol. The van der Waals surface area contributed by atoms with E-state index < -0.39 is 0 Å². The number of carbonyl (C=O) groups excluding carboxylic acids is 2. The number of Topliss-reactive ketones (excluding diaryl/α,β-unsaturated/α-hetero) is 2. The van der Waals surface area contributed by atoms with Crippen molar-refractivity contribution in [3.8, 4) is 0 Å². The lowest BCUT2D eigenvalue weighted by Gasteiger charge is -2.62. The summed E-state index contributed by atoms with van der Waals surface area (Å²) in [5, 5.41) is 31.8. The van der Waals surface area contributed by atoms with Crippen LogP contribution in [0.25, 0.3) is 0 Å². The summed E-state index contributed by atoms with van der Waals surface area (Å²) in [6.45, 7) is 23.2. The number of aliphatic hydroxyl groups is 3. The van der Waals surface area contributed by atoms with Gasteiger partial charge in [0.05, 0.1) is 18.3 Å². The summed E-state index contributed by atoms with van der Waals surface area (Å²) in [7, 11) is 0. The number of hydrogen-bond acceptors (Lipinski definition) is 5. The second kappa shape index (κ2) is 17.7. The Hall–Kier alpha value is -0.780. The topological polar surface area (TPSA) is 94.8 Å². The molecule has 8 saturated carbocycles. The Balaban J connectivity index is 0.000000260. The monoisotopic (exact) mass is 827 g/mol. The second-order valence-electron chi connectivity index (χ2n) is 25.0. The van der Waals surface area contributed by atoms with E-state index in [9.17, 15) is 24.9 Å². The molecule has 19 atom stereocenters. The molecule has 3 N–H and O–H groups in total. The fraction of sp³-hybridized carbons (Fsp3) is 0.963. The van der Waals surface area contributed by atoms with Gasteiger partial charge in [-0.1, -0.05) is 69.2 Å². The van der Waals surface area contributed by atoms with Crippen molar-refractivity contribution in [1.82, 2.24) is 0 Å². The molecule has 0 saturated heterocycles. The van der Waals surface area contributed by atoms with Gasteiger partial charge in [0.15, 0.2) is 0 Å². The maximum Gasteiger partial charge on any atom is 0.135 e. The molecule has 0 aliphatic heterocycles. The molecule has 19 unspecified atom stereocenters. The van der Waals surface area contributed by atoms with Crippen molar-refractivity contribution in [3.05, 3.63) is 0 Å². The second-order valence-corrected chi connectivity index (χ2v) is 25.0. The van der Waals surface area contributed by atoms with Crippen LogP contribution in [0, 0.1) is 105 Å². The van der Waals surface area contributed by atoms with Gasteiger partial charge in [0.2, 0.25) is 0 Å². The lowest BCUT2D eigenvalue weighted by Crippen LogP contribution is -2.58. The summed E-state index contributed by atoms with van der Waals surface area (Å²) in [6, 6.07) is 0. The summed E-state index contributed by atoms with van der Waals surface area (Å²) >= 11 is 0. The summed E-state index contributed by atoms with van der Waals surface area (Å²) < 4.78 is 0. The lowest BCUT2D eigenvalue weighted by molar-refractivity contribution is -0.174. The molecular weight excluding hydrogens is 729 g/mol. The summed E-state index contributed by atoms with van der Waals surface area (Å²) in [4.78, 5) is 24.4. The van der Waals surface area contributed by atoms with Crippen molar-refractivity contribution in [2.75, 3.05) is 0 Å². The van der Waals surface area contributed by atoms with Gasteiger partial charge in [0.25, 0.3) is 0 Å². The van der Waals surface area contributed by atoms with Crippen LogP contribution in [0.4, 0.5) is 0 Å². The average Bonchev–Trinajstić information content (AvgIpc) is 3.73. The predicted molar refractivity (Wildman–Crippen MR) is 247 cm³/mol. The first kappa shape index (κ1) is 46.2. The fourth-order valence-electron chi connectivity index (χ4n) is 18.1. The third-order valence-electron chi connectivity index (χ3n) is 21.8. The maximum absolute atomic E-state index is 12.2. The third-order valence-corrected chi connectivity index (χ3v) is 21.8. The number of carbonyl (C=O) groups is 2. The standard InChI is InChI=1S/C27H46O3.C27H46O2.3H2/c1-16(2)23(29)9-6-17(3)20-7-8-21-25-22(11-13-27(20,21)5)26(4)12-10-19(28)14-18(26)15-24(25)30;1-17(2)25(29)11-6-18(3)22-9-10-23-21-8-7-19-16-20(28)12-14-26(19,4)24(21)13-15-27(22,23)5;;;/h16-22,24-25,28,30H,6-15H2,1-5H3;17-24,28H,6-16H2,1-5H3;3*1H. The van der Waals surface area contributed by atoms with Crippen LogP contribution in [-0.4, -0.2) is 45.2 Å². The van der Waals surface area contributed by atoms with E-state index >= 15 is 0 Å². The van der Waals surface area contributed by atoms with Crippen LogP contribution in [0.5, 0.6) is 0 Å². The SMILES string of the molecule is CC(C)C(=O)CCC(C)C1CCC2C3C(O)CC4CC(O)CCC4(C)C3CCC12C.CC(C)C(=O)CCC(C)C1CCC2C3CCC4CC(O)CCC4(C)C3CCC12C.[HH].[HH].[HH]. The van der Waals surface area contributed by atoms with E-state index in [-0.39, 0.29) is 34.4 Å². The zero-order chi connectivity index (χ0) is 42.8. The Labute approximate surface area is 366 Å². The van der Waals surface area contributed by atoms with Crippen molar-refractivity contribution in [2.24, 2.45) is 105 Å².